The number of phenolic OH excluding ortho intramolecular Hbond substituents is 1. The molecule has 21 heavy (non-hydrogen) atoms. The van der Waals surface area contributed by atoms with Crippen LogP contribution in [-0.2, 0) is 10.0 Å². The minimum absolute atomic E-state index is 0.0248. The Labute approximate surface area is 121 Å². The van der Waals surface area contributed by atoms with Crippen LogP contribution in [0.15, 0.2) is 47.4 Å². The van der Waals surface area contributed by atoms with Crippen LogP contribution in [0.1, 0.15) is 11.1 Å². The molecule has 0 saturated carbocycles. The summed E-state index contributed by atoms with van der Waals surface area (Å²) in [6.45, 7) is 0. The summed E-state index contributed by atoms with van der Waals surface area (Å²) in [4.78, 5) is -0.0248. The number of rotatable bonds is 3. The Balaban J connectivity index is 2.36. The summed E-state index contributed by atoms with van der Waals surface area (Å²) in [7, 11) is -3.83. The standard InChI is InChI=1S/C14H9N3O3S/c15-8-10-1-2-12(7-11(10)9-16)17-21(19,20)14-5-3-13(18)4-6-14/h1-7,17-18H. The molecule has 0 saturated heterocycles. The Morgan fingerprint density at radius 3 is 2.14 bits per heavy atom. The molecular formula is C14H9N3O3S. The second kappa shape index (κ2) is 5.53. The average Bonchev–Trinajstić information content (AvgIpc) is 2.47. The fraction of sp³-hybridized carbons (Fsp3) is 0. The van der Waals surface area contributed by atoms with Gasteiger partial charge in [0, 0.05) is 0 Å². The van der Waals surface area contributed by atoms with Crippen LogP contribution in [0.3, 0.4) is 0 Å². The minimum Gasteiger partial charge on any atom is -0.508 e. The molecule has 0 unspecified atom stereocenters. The van der Waals surface area contributed by atoms with Crippen molar-refractivity contribution in [3.8, 4) is 17.9 Å². The molecule has 0 amide bonds. The summed E-state index contributed by atoms with van der Waals surface area (Å²) in [5, 5.41) is 26.9. The van der Waals surface area contributed by atoms with Gasteiger partial charge in [0.25, 0.3) is 10.0 Å². The molecule has 2 N–H and O–H groups in total. The quantitative estimate of drug-likeness (QED) is 0.898. The monoisotopic (exact) mass is 299 g/mol. The van der Waals surface area contributed by atoms with Gasteiger partial charge in [0.1, 0.15) is 17.9 Å². The van der Waals surface area contributed by atoms with Crippen molar-refractivity contribution in [2.24, 2.45) is 0 Å². The highest BCUT2D eigenvalue weighted by Gasteiger charge is 2.15. The van der Waals surface area contributed by atoms with Crippen molar-refractivity contribution in [3.05, 3.63) is 53.6 Å². The van der Waals surface area contributed by atoms with Crippen LogP contribution in [-0.4, -0.2) is 13.5 Å². The molecule has 0 spiro atoms. The van der Waals surface area contributed by atoms with Gasteiger partial charge in [0.15, 0.2) is 0 Å². The van der Waals surface area contributed by atoms with Gasteiger partial charge in [-0.25, -0.2) is 8.42 Å². The molecule has 0 fully saturated rings. The van der Waals surface area contributed by atoms with Crippen molar-refractivity contribution in [2.75, 3.05) is 4.72 Å². The Hall–Kier alpha value is -3.03. The number of aromatic hydroxyl groups is 1. The molecule has 0 radical (unpaired) electrons. The van der Waals surface area contributed by atoms with Gasteiger partial charge >= 0.3 is 0 Å². The van der Waals surface area contributed by atoms with E-state index in [0.29, 0.717) is 0 Å². The van der Waals surface area contributed by atoms with E-state index in [1.807, 2.05) is 12.1 Å². The molecule has 0 aliphatic rings. The third kappa shape index (κ3) is 3.11. The normalized spacial score (nSPS) is 10.4. The molecule has 2 aromatic rings. The Bertz CT molecular complexity index is 860. The lowest BCUT2D eigenvalue weighted by atomic mass is 10.1. The van der Waals surface area contributed by atoms with Crippen molar-refractivity contribution in [2.45, 2.75) is 4.90 Å². The molecule has 0 aliphatic heterocycles. The molecule has 0 heterocycles. The van der Waals surface area contributed by atoms with Gasteiger partial charge in [-0.05, 0) is 42.5 Å². The number of sulfonamides is 1. The van der Waals surface area contributed by atoms with Gasteiger partial charge in [-0.3, -0.25) is 4.72 Å². The van der Waals surface area contributed by atoms with Crippen molar-refractivity contribution >= 4 is 15.7 Å². The number of benzene rings is 2. The van der Waals surface area contributed by atoms with Crippen LogP contribution in [0, 0.1) is 22.7 Å². The fourth-order valence-electron chi connectivity index (χ4n) is 1.64. The molecule has 0 aromatic heterocycles. The summed E-state index contributed by atoms with van der Waals surface area (Å²) >= 11 is 0. The summed E-state index contributed by atoms with van der Waals surface area (Å²) in [6.07, 6.45) is 0. The van der Waals surface area contributed by atoms with E-state index in [0.717, 1.165) is 0 Å². The van der Waals surface area contributed by atoms with Crippen LogP contribution in [0.5, 0.6) is 5.75 Å². The maximum Gasteiger partial charge on any atom is 0.261 e. The van der Waals surface area contributed by atoms with E-state index in [1.54, 1.807) is 0 Å². The van der Waals surface area contributed by atoms with Crippen molar-refractivity contribution < 1.29 is 13.5 Å². The van der Waals surface area contributed by atoms with Crippen LogP contribution in [0.25, 0.3) is 0 Å². The van der Waals surface area contributed by atoms with Gasteiger partial charge < -0.3 is 5.11 Å². The maximum absolute atomic E-state index is 12.1. The lowest BCUT2D eigenvalue weighted by molar-refractivity contribution is 0.475. The highest BCUT2D eigenvalue weighted by molar-refractivity contribution is 7.92. The van der Waals surface area contributed by atoms with E-state index in [2.05, 4.69) is 4.72 Å². The maximum atomic E-state index is 12.1. The van der Waals surface area contributed by atoms with Crippen molar-refractivity contribution in [3.63, 3.8) is 0 Å². The Kier molecular flexibility index (Phi) is 3.79. The first-order valence-electron chi connectivity index (χ1n) is 5.72. The van der Waals surface area contributed by atoms with E-state index in [-0.39, 0.29) is 27.5 Å². The number of nitriles is 2. The van der Waals surface area contributed by atoms with Crippen LogP contribution in [0.4, 0.5) is 5.69 Å². The molecule has 0 atom stereocenters. The van der Waals surface area contributed by atoms with Crippen molar-refractivity contribution in [1.29, 1.82) is 10.5 Å². The molecule has 7 heteroatoms. The summed E-state index contributed by atoms with van der Waals surface area (Å²) < 4.78 is 26.6. The molecular weight excluding hydrogens is 290 g/mol. The summed E-state index contributed by atoms with van der Waals surface area (Å²) in [6, 6.07) is 12.8. The van der Waals surface area contributed by atoms with E-state index in [1.165, 1.54) is 42.5 Å². The number of nitrogens with one attached hydrogen (secondary N) is 1. The molecule has 2 rings (SSSR count). The number of hydrogen-bond donors (Lipinski definition) is 2. The second-order valence-electron chi connectivity index (χ2n) is 4.08. The molecule has 6 nitrogen and oxygen atoms in total. The zero-order valence-electron chi connectivity index (χ0n) is 10.6. The van der Waals surface area contributed by atoms with E-state index >= 15 is 0 Å². The average molecular weight is 299 g/mol. The number of anilines is 1. The largest absolute Gasteiger partial charge is 0.508 e. The number of nitrogens with zero attached hydrogens (tertiary/aromatic N) is 2. The molecule has 2 aromatic carbocycles. The van der Waals surface area contributed by atoms with E-state index in [4.69, 9.17) is 15.6 Å². The molecule has 0 bridgehead atoms. The van der Waals surface area contributed by atoms with Gasteiger partial charge in [-0.15, -0.1) is 0 Å². The van der Waals surface area contributed by atoms with Gasteiger partial charge in [-0.2, -0.15) is 10.5 Å². The highest BCUT2D eigenvalue weighted by Crippen LogP contribution is 2.20. The zero-order valence-corrected chi connectivity index (χ0v) is 11.4. The van der Waals surface area contributed by atoms with Gasteiger partial charge in [0.2, 0.25) is 0 Å². The summed E-state index contributed by atoms with van der Waals surface area (Å²) in [5.74, 6) is -0.0425. The lowest BCUT2D eigenvalue weighted by Gasteiger charge is -2.08. The zero-order chi connectivity index (χ0) is 15.5. The molecule has 0 aliphatic carbocycles. The van der Waals surface area contributed by atoms with Crippen LogP contribution in [0.2, 0.25) is 0 Å². The third-order valence-electron chi connectivity index (χ3n) is 2.66. The predicted octanol–water partition coefficient (Wildman–Crippen LogP) is 1.94. The number of hydrogen-bond acceptors (Lipinski definition) is 5. The second-order valence-corrected chi connectivity index (χ2v) is 5.77. The highest BCUT2D eigenvalue weighted by atomic mass is 32.2. The summed E-state index contributed by atoms with van der Waals surface area (Å²) in [5.41, 5.74) is 0.437. The van der Waals surface area contributed by atoms with Crippen LogP contribution < -0.4 is 4.72 Å². The topological polar surface area (TPSA) is 114 Å². The van der Waals surface area contributed by atoms with Gasteiger partial charge in [-0.1, -0.05) is 0 Å². The predicted molar refractivity (Wildman–Crippen MR) is 74.8 cm³/mol. The Morgan fingerprint density at radius 2 is 1.57 bits per heavy atom. The number of phenols is 1. The lowest BCUT2D eigenvalue weighted by Crippen LogP contribution is -2.13. The molecule has 104 valence electrons. The van der Waals surface area contributed by atoms with E-state index in [9.17, 15) is 8.42 Å². The minimum atomic E-state index is -3.83. The first kappa shape index (κ1) is 14.4. The Morgan fingerprint density at radius 1 is 0.952 bits per heavy atom. The smallest absolute Gasteiger partial charge is 0.261 e. The van der Waals surface area contributed by atoms with Gasteiger partial charge in [0.05, 0.1) is 21.7 Å². The van der Waals surface area contributed by atoms with Crippen LogP contribution >= 0.6 is 0 Å². The van der Waals surface area contributed by atoms with E-state index < -0.39 is 10.0 Å². The fourth-order valence-corrected chi connectivity index (χ4v) is 2.69. The van der Waals surface area contributed by atoms with Crippen molar-refractivity contribution in [1.82, 2.24) is 0 Å². The first-order valence-corrected chi connectivity index (χ1v) is 7.20. The third-order valence-corrected chi connectivity index (χ3v) is 4.06. The SMILES string of the molecule is N#Cc1ccc(NS(=O)(=O)c2ccc(O)cc2)cc1C#N. The first-order chi connectivity index (χ1) is 9.96.